The first kappa shape index (κ1) is 25.0. The Bertz CT molecular complexity index is 577. The fraction of sp³-hybridized carbons (Fsp3) is 0.667. The van der Waals surface area contributed by atoms with Gasteiger partial charge in [0.2, 0.25) is 0 Å². The molecule has 1 aliphatic heterocycles. The lowest BCUT2D eigenvalue weighted by atomic mass is 10.0. The summed E-state index contributed by atoms with van der Waals surface area (Å²) in [5.41, 5.74) is 1.25. The normalized spacial score (nSPS) is 16.4. The van der Waals surface area contributed by atoms with Crippen LogP contribution in [-0.2, 0) is 4.74 Å². The van der Waals surface area contributed by atoms with Crippen molar-refractivity contribution in [1.82, 2.24) is 15.5 Å². The van der Waals surface area contributed by atoms with Crippen molar-refractivity contribution in [3.63, 3.8) is 0 Å². The zero-order valence-electron chi connectivity index (χ0n) is 17.7. The Labute approximate surface area is 187 Å². The SMILES string of the molecule is CCNC(=NCC(C)N1CCOCC1)NCCOc1ccccc1C(C)C.I. The predicted molar refractivity (Wildman–Crippen MR) is 127 cm³/mol. The molecule has 0 radical (unpaired) electrons. The molecule has 0 amide bonds. The third-order valence-electron chi connectivity index (χ3n) is 4.72. The summed E-state index contributed by atoms with van der Waals surface area (Å²) in [5.74, 6) is 2.27. The highest BCUT2D eigenvalue weighted by atomic mass is 127. The largest absolute Gasteiger partial charge is 0.491 e. The van der Waals surface area contributed by atoms with Gasteiger partial charge >= 0.3 is 0 Å². The van der Waals surface area contributed by atoms with Crippen LogP contribution in [0.15, 0.2) is 29.3 Å². The molecule has 2 rings (SSSR count). The van der Waals surface area contributed by atoms with Crippen LogP contribution in [-0.4, -0.2) is 69.4 Å². The molecule has 2 N–H and O–H groups in total. The Morgan fingerprint density at radius 3 is 2.57 bits per heavy atom. The van der Waals surface area contributed by atoms with Crippen LogP contribution in [0.5, 0.6) is 5.75 Å². The molecule has 160 valence electrons. The molecule has 0 aromatic heterocycles. The molecule has 1 fully saturated rings. The van der Waals surface area contributed by atoms with Crippen LogP contribution in [0.1, 0.15) is 39.2 Å². The number of nitrogens with one attached hydrogen (secondary N) is 2. The molecule has 1 aromatic carbocycles. The number of nitrogens with zero attached hydrogens (tertiary/aromatic N) is 2. The van der Waals surface area contributed by atoms with E-state index < -0.39 is 0 Å². The molecule has 28 heavy (non-hydrogen) atoms. The van der Waals surface area contributed by atoms with Crippen molar-refractivity contribution in [2.24, 2.45) is 4.99 Å². The van der Waals surface area contributed by atoms with Crippen molar-refractivity contribution in [2.45, 2.75) is 39.7 Å². The monoisotopic (exact) mass is 504 g/mol. The quantitative estimate of drug-likeness (QED) is 0.234. The summed E-state index contributed by atoms with van der Waals surface area (Å²) in [6.45, 7) is 15.2. The van der Waals surface area contributed by atoms with Crippen molar-refractivity contribution < 1.29 is 9.47 Å². The van der Waals surface area contributed by atoms with Crippen LogP contribution in [0.4, 0.5) is 0 Å². The number of benzene rings is 1. The zero-order valence-corrected chi connectivity index (χ0v) is 20.1. The van der Waals surface area contributed by atoms with Gasteiger partial charge in [-0.1, -0.05) is 32.0 Å². The van der Waals surface area contributed by atoms with Crippen molar-refractivity contribution in [3.05, 3.63) is 29.8 Å². The number of hydrogen-bond acceptors (Lipinski definition) is 4. The maximum absolute atomic E-state index is 5.98. The molecule has 1 heterocycles. The summed E-state index contributed by atoms with van der Waals surface area (Å²) in [6, 6.07) is 8.67. The molecular formula is C21H37IN4O2. The zero-order chi connectivity index (χ0) is 19.5. The number of hydrogen-bond donors (Lipinski definition) is 2. The van der Waals surface area contributed by atoms with Gasteiger partial charge in [-0.05, 0) is 31.4 Å². The summed E-state index contributed by atoms with van der Waals surface area (Å²) in [7, 11) is 0. The van der Waals surface area contributed by atoms with E-state index in [0.29, 0.717) is 25.1 Å². The van der Waals surface area contributed by atoms with Gasteiger partial charge in [0.25, 0.3) is 0 Å². The Kier molecular flexibility index (Phi) is 12.5. The van der Waals surface area contributed by atoms with E-state index in [4.69, 9.17) is 14.5 Å². The lowest BCUT2D eigenvalue weighted by Gasteiger charge is -2.31. The van der Waals surface area contributed by atoms with E-state index in [1.165, 1.54) is 5.56 Å². The number of rotatable bonds is 9. The number of halogens is 1. The topological polar surface area (TPSA) is 58.1 Å². The van der Waals surface area contributed by atoms with Crippen LogP contribution in [0, 0.1) is 0 Å². The van der Waals surface area contributed by atoms with Crippen LogP contribution >= 0.6 is 24.0 Å². The molecule has 7 heteroatoms. The van der Waals surface area contributed by atoms with Crippen LogP contribution in [0.2, 0.25) is 0 Å². The maximum Gasteiger partial charge on any atom is 0.191 e. The van der Waals surface area contributed by atoms with Gasteiger partial charge in [-0.2, -0.15) is 0 Å². The number of para-hydroxylation sites is 1. The molecule has 1 atom stereocenters. The van der Waals surface area contributed by atoms with Gasteiger partial charge in [-0.15, -0.1) is 24.0 Å². The first-order valence-electron chi connectivity index (χ1n) is 10.2. The Morgan fingerprint density at radius 2 is 1.89 bits per heavy atom. The predicted octanol–water partition coefficient (Wildman–Crippen LogP) is 3.08. The fourth-order valence-electron chi connectivity index (χ4n) is 3.12. The minimum Gasteiger partial charge on any atom is -0.491 e. The Balaban J connectivity index is 0.00000392. The average Bonchev–Trinajstić information content (AvgIpc) is 2.69. The molecule has 1 saturated heterocycles. The van der Waals surface area contributed by atoms with E-state index >= 15 is 0 Å². The molecule has 1 unspecified atom stereocenters. The first-order chi connectivity index (χ1) is 13.1. The standard InChI is InChI=1S/C21H36N4O2.HI/c1-5-22-21(24-16-18(4)25-11-14-26-15-12-25)23-10-13-27-20-9-7-6-8-19(20)17(2)3;/h6-9,17-18H,5,10-16H2,1-4H3,(H2,22,23,24);1H. The average molecular weight is 504 g/mol. The van der Waals surface area contributed by atoms with Crippen LogP contribution in [0.25, 0.3) is 0 Å². The molecular weight excluding hydrogens is 467 g/mol. The fourth-order valence-corrected chi connectivity index (χ4v) is 3.12. The van der Waals surface area contributed by atoms with Gasteiger partial charge < -0.3 is 20.1 Å². The number of morpholine rings is 1. The number of aliphatic imine (C=N–C) groups is 1. The minimum atomic E-state index is 0. The summed E-state index contributed by atoms with van der Waals surface area (Å²) in [5, 5.41) is 6.68. The Hall–Kier alpha value is -1.06. The van der Waals surface area contributed by atoms with E-state index in [0.717, 1.165) is 51.1 Å². The second-order valence-electron chi connectivity index (χ2n) is 7.18. The summed E-state index contributed by atoms with van der Waals surface area (Å²) >= 11 is 0. The first-order valence-corrected chi connectivity index (χ1v) is 10.2. The third-order valence-corrected chi connectivity index (χ3v) is 4.72. The number of guanidine groups is 1. The van der Waals surface area contributed by atoms with Gasteiger partial charge in [0.15, 0.2) is 5.96 Å². The summed E-state index contributed by atoms with van der Waals surface area (Å²) < 4.78 is 11.4. The lowest BCUT2D eigenvalue weighted by molar-refractivity contribution is 0.0220. The van der Waals surface area contributed by atoms with Gasteiger partial charge in [0, 0.05) is 25.7 Å². The van der Waals surface area contributed by atoms with Crippen molar-refractivity contribution in [2.75, 3.05) is 52.5 Å². The highest BCUT2D eigenvalue weighted by Crippen LogP contribution is 2.25. The smallest absolute Gasteiger partial charge is 0.191 e. The highest BCUT2D eigenvalue weighted by Gasteiger charge is 2.16. The van der Waals surface area contributed by atoms with Gasteiger partial charge in [0.1, 0.15) is 12.4 Å². The molecule has 0 aliphatic carbocycles. The summed E-state index contributed by atoms with van der Waals surface area (Å²) in [6.07, 6.45) is 0. The van der Waals surface area contributed by atoms with Gasteiger partial charge in [0.05, 0.1) is 26.3 Å². The molecule has 0 saturated carbocycles. The highest BCUT2D eigenvalue weighted by molar-refractivity contribution is 14.0. The second kappa shape index (κ2) is 14.0. The van der Waals surface area contributed by atoms with Crippen molar-refractivity contribution in [3.8, 4) is 5.75 Å². The van der Waals surface area contributed by atoms with E-state index in [9.17, 15) is 0 Å². The van der Waals surface area contributed by atoms with E-state index in [2.05, 4.69) is 55.4 Å². The lowest BCUT2D eigenvalue weighted by Crippen LogP contribution is -2.45. The van der Waals surface area contributed by atoms with Crippen molar-refractivity contribution >= 4 is 29.9 Å². The van der Waals surface area contributed by atoms with E-state index in [1.54, 1.807) is 0 Å². The van der Waals surface area contributed by atoms with Gasteiger partial charge in [-0.3, -0.25) is 9.89 Å². The van der Waals surface area contributed by atoms with Crippen LogP contribution in [0.3, 0.4) is 0 Å². The third kappa shape index (κ3) is 8.53. The molecule has 1 aromatic rings. The summed E-state index contributed by atoms with van der Waals surface area (Å²) in [4.78, 5) is 7.17. The Morgan fingerprint density at radius 1 is 1.18 bits per heavy atom. The van der Waals surface area contributed by atoms with E-state index in [-0.39, 0.29) is 24.0 Å². The molecule has 1 aliphatic rings. The molecule has 0 spiro atoms. The number of ether oxygens (including phenoxy) is 2. The maximum atomic E-state index is 5.98. The second-order valence-corrected chi connectivity index (χ2v) is 7.18. The van der Waals surface area contributed by atoms with Crippen LogP contribution < -0.4 is 15.4 Å². The van der Waals surface area contributed by atoms with Crippen molar-refractivity contribution in [1.29, 1.82) is 0 Å². The molecule has 6 nitrogen and oxygen atoms in total. The minimum absolute atomic E-state index is 0. The van der Waals surface area contributed by atoms with Gasteiger partial charge in [-0.25, -0.2) is 0 Å². The van der Waals surface area contributed by atoms with E-state index in [1.807, 2.05) is 12.1 Å². The molecule has 0 bridgehead atoms.